The van der Waals surface area contributed by atoms with Crippen molar-refractivity contribution >= 4 is 23.2 Å². The van der Waals surface area contributed by atoms with E-state index in [1.807, 2.05) is 48.5 Å². The third-order valence-electron chi connectivity index (χ3n) is 6.99. The van der Waals surface area contributed by atoms with E-state index in [1.165, 1.54) is 25.8 Å². The average molecular weight is 441 g/mol. The lowest BCUT2D eigenvalue weighted by atomic mass is 9.78. The maximum Gasteiger partial charge on any atom is 0.235 e. The first-order valence-electron chi connectivity index (χ1n) is 11.6. The van der Waals surface area contributed by atoms with E-state index in [2.05, 4.69) is 17.1 Å². The summed E-state index contributed by atoms with van der Waals surface area (Å²) in [6, 6.07) is 16.1. The van der Waals surface area contributed by atoms with E-state index in [-0.39, 0.29) is 5.91 Å². The van der Waals surface area contributed by atoms with Gasteiger partial charge in [0.2, 0.25) is 5.91 Å². The number of hydrogen-bond donors (Lipinski definition) is 1. The van der Waals surface area contributed by atoms with Gasteiger partial charge in [0.1, 0.15) is 12.4 Å². The molecule has 1 saturated carbocycles. The van der Waals surface area contributed by atoms with Crippen LogP contribution in [0, 0.1) is 0 Å². The van der Waals surface area contributed by atoms with Crippen molar-refractivity contribution in [3.63, 3.8) is 0 Å². The Labute approximate surface area is 190 Å². The van der Waals surface area contributed by atoms with Crippen LogP contribution >= 0.6 is 11.6 Å². The van der Waals surface area contributed by atoms with Gasteiger partial charge in [-0.15, -0.1) is 0 Å². The highest BCUT2D eigenvalue weighted by molar-refractivity contribution is 6.30. The summed E-state index contributed by atoms with van der Waals surface area (Å²) < 4.78 is 5.95. The molecular formula is C26H33ClN2O2. The lowest BCUT2D eigenvalue weighted by Gasteiger charge is -2.33. The number of likely N-dealkylation sites (tertiary alicyclic amines) is 1. The molecule has 0 unspecified atom stereocenters. The smallest absolute Gasteiger partial charge is 0.235 e. The Balaban J connectivity index is 1.34. The van der Waals surface area contributed by atoms with Crippen LogP contribution in [0.1, 0.15) is 57.4 Å². The van der Waals surface area contributed by atoms with E-state index in [0.29, 0.717) is 17.7 Å². The number of carbonyl (C=O) groups is 1. The van der Waals surface area contributed by atoms with Gasteiger partial charge in [0.25, 0.3) is 0 Å². The van der Waals surface area contributed by atoms with Gasteiger partial charge >= 0.3 is 0 Å². The van der Waals surface area contributed by atoms with Crippen molar-refractivity contribution in [3.05, 3.63) is 59.1 Å². The van der Waals surface area contributed by atoms with Gasteiger partial charge in [-0.2, -0.15) is 0 Å². The van der Waals surface area contributed by atoms with Crippen LogP contribution in [0.15, 0.2) is 48.5 Å². The van der Waals surface area contributed by atoms with Crippen LogP contribution in [0.5, 0.6) is 5.75 Å². The predicted octanol–water partition coefficient (Wildman–Crippen LogP) is 6.04. The van der Waals surface area contributed by atoms with Crippen LogP contribution in [-0.2, 0) is 10.2 Å². The molecule has 1 aliphatic heterocycles. The van der Waals surface area contributed by atoms with Crippen molar-refractivity contribution in [1.29, 1.82) is 0 Å². The number of nitrogens with one attached hydrogen (secondary N) is 1. The predicted molar refractivity (Wildman–Crippen MR) is 127 cm³/mol. The molecule has 31 heavy (non-hydrogen) atoms. The minimum absolute atomic E-state index is 0.0695. The normalized spacial score (nSPS) is 21.0. The van der Waals surface area contributed by atoms with Gasteiger partial charge in [-0.25, -0.2) is 0 Å². The number of carbonyl (C=O) groups excluding carboxylic acids is 1. The number of piperidine rings is 1. The lowest BCUT2D eigenvalue weighted by Crippen LogP contribution is -2.39. The zero-order valence-electron chi connectivity index (χ0n) is 18.4. The molecule has 0 radical (unpaired) electrons. The minimum Gasteiger partial charge on any atom is -0.492 e. The highest BCUT2D eigenvalue weighted by Crippen LogP contribution is 2.42. The molecule has 1 aliphatic carbocycles. The van der Waals surface area contributed by atoms with Crippen molar-refractivity contribution < 1.29 is 9.53 Å². The molecule has 2 aliphatic rings. The molecule has 2 aromatic carbocycles. The van der Waals surface area contributed by atoms with Gasteiger partial charge in [-0.3, -0.25) is 9.69 Å². The molecule has 1 amide bonds. The fourth-order valence-corrected chi connectivity index (χ4v) is 5.18. The minimum atomic E-state index is -0.467. The lowest BCUT2D eigenvalue weighted by molar-refractivity contribution is -0.121. The molecule has 166 valence electrons. The number of ether oxygens (including phenoxy) is 1. The van der Waals surface area contributed by atoms with E-state index in [1.54, 1.807) is 0 Å². The Hall–Kier alpha value is -2.04. The second-order valence-corrected chi connectivity index (χ2v) is 9.44. The maximum absolute atomic E-state index is 13.3. The summed E-state index contributed by atoms with van der Waals surface area (Å²) in [6.07, 6.45) is 7.79. The van der Waals surface area contributed by atoms with Crippen LogP contribution in [-0.4, -0.2) is 36.5 Å². The zero-order chi connectivity index (χ0) is 21.7. The Morgan fingerprint density at radius 2 is 1.77 bits per heavy atom. The van der Waals surface area contributed by atoms with Gasteiger partial charge in [0.05, 0.1) is 5.41 Å². The van der Waals surface area contributed by atoms with Crippen molar-refractivity contribution in [2.75, 3.05) is 25.0 Å². The zero-order valence-corrected chi connectivity index (χ0v) is 19.2. The van der Waals surface area contributed by atoms with Crippen LogP contribution in [0.2, 0.25) is 5.02 Å². The molecule has 0 bridgehead atoms. The molecule has 2 aromatic rings. The first-order chi connectivity index (χ1) is 15.1. The monoisotopic (exact) mass is 440 g/mol. The first-order valence-corrected chi connectivity index (χ1v) is 12.0. The summed E-state index contributed by atoms with van der Waals surface area (Å²) in [5, 5.41) is 3.84. The number of nitrogens with zero attached hydrogens (tertiary/aromatic N) is 1. The van der Waals surface area contributed by atoms with Crippen molar-refractivity contribution in [2.24, 2.45) is 0 Å². The third-order valence-corrected chi connectivity index (χ3v) is 7.24. The third kappa shape index (κ3) is 5.24. The number of hydrogen-bond acceptors (Lipinski definition) is 3. The number of anilines is 1. The van der Waals surface area contributed by atoms with Crippen molar-refractivity contribution in [3.8, 4) is 5.75 Å². The molecule has 2 fully saturated rings. The van der Waals surface area contributed by atoms with Gasteiger partial charge in [0, 0.05) is 23.3 Å². The SMILES string of the molecule is C[C@@H]1CCCCN1CCOc1ccc(NC(=O)C2(c3ccc(Cl)cc3)CCCC2)cc1. The Bertz CT molecular complexity index is 860. The second kappa shape index (κ2) is 10.1. The largest absolute Gasteiger partial charge is 0.492 e. The number of rotatable bonds is 7. The van der Waals surface area contributed by atoms with Gasteiger partial charge in [-0.05, 0) is 81.1 Å². The fourth-order valence-electron chi connectivity index (χ4n) is 5.05. The molecular weight excluding hydrogens is 408 g/mol. The average Bonchev–Trinajstić information content (AvgIpc) is 3.28. The molecule has 1 atom stereocenters. The molecule has 1 saturated heterocycles. The van der Waals surface area contributed by atoms with Crippen LogP contribution in [0.4, 0.5) is 5.69 Å². The van der Waals surface area contributed by atoms with Gasteiger partial charge in [0.15, 0.2) is 0 Å². The molecule has 5 heteroatoms. The highest BCUT2D eigenvalue weighted by Gasteiger charge is 2.42. The van der Waals surface area contributed by atoms with E-state index in [9.17, 15) is 4.79 Å². The molecule has 0 spiro atoms. The first kappa shape index (κ1) is 22.2. The maximum atomic E-state index is 13.3. The molecule has 1 N–H and O–H groups in total. The Morgan fingerprint density at radius 3 is 2.45 bits per heavy atom. The van der Waals surface area contributed by atoms with Crippen LogP contribution in [0.3, 0.4) is 0 Å². The molecule has 1 heterocycles. The summed E-state index contributed by atoms with van der Waals surface area (Å²) in [5.41, 5.74) is 1.39. The van der Waals surface area contributed by atoms with E-state index in [4.69, 9.17) is 16.3 Å². The van der Waals surface area contributed by atoms with E-state index in [0.717, 1.165) is 49.2 Å². The highest BCUT2D eigenvalue weighted by atomic mass is 35.5. The van der Waals surface area contributed by atoms with Crippen molar-refractivity contribution in [2.45, 2.75) is 63.3 Å². The fraction of sp³-hybridized carbons (Fsp3) is 0.500. The standard InChI is InChI=1S/C26H33ClN2O2/c1-20-6-2-5-17-29(20)18-19-31-24-13-11-23(12-14-24)28-25(30)26(15-3-4-16-26)21-7-9-22(27)10-8-21/h7-14,20H,2-6,15-19H2,1H3,(H,28,30)/t20-/m1/s1. The number of halogens is 1. The van der Waals surface area contributed by atoms with E-state index < -0.39 is 5.41 Å². The quantitative estimate of drug-likeness (QED) is 0.570. The summed E-state index contributed by atoms with van der Waals surface area (Å²) in [4.78, 5) is 15.8. The number of amides is 1. The summed E-state index contributed by atoms with van der Waals surface area (Å²) >= 11 is 6.06. The van der Waals surface area contributed by atoms with Crippen molar-refractivity contribution in [1.82, 2.24) is 4.90 Å². The second-order valence-electron chi connectivity index (χ2n) is 9.00. The van der Waals surface area contributed by atoms with Gasteiger partial charge < -0.3 is 10.1 Å². The summed E-state index contributed by atoms with van der Waals surface area (Å²) in [5.74, 6) is 0.913. The molecule has 0 aromatic heterocycles. The molecule has 4 rings (SSSR count). The topological polar surface area (TPSA) is 41.6 Å². The Kier molecular flexibility index (Phi) is 7.19. The Morgan fingerprint density at radius 1 is 1.06 bits per heavy atom. The summed E-state index contributed by atoms with van der Waals surface area (Å²) in [6.45, 7) is 5.13. The number of benzene rings is 2. The van der Waals surface area contributed by atoms with Crippen LogP contribution in [0.25, 0.3) is 0 Å². The molecule has 4 nitrogen and oxygen atoms in total. The van der Waals surface area contributed by atoms with Gasteiger partial charge in [-0.1, -0.05) is 43.0 Å². The summed E-state index contributed by atoms with van der Waals surface area (Å²) in [7, 11) is 0. The van der Waals surface area contributed by atoms with Crippen LogP contribution < -0.4 is 10.1 Å². The van der Waals surface area contributed by atoms with E-state index >= 15 is 0 Å².